The molecule has 25 heavy (non-hydrogen) atoms. The smallest absolute Gasteiger partial charge is 0.259 e. The van der Waals surface area contributed by atoms with E-state index in [1.807, 2.05) is 38.1 Å². The van der Waals surface area contributed by atoms with Crippen LogP contribution in [0, 0.1) is 6.92 Å². The Morgan fingerprint density at radius 1 is 1.16 bits per heavy atom. The molecular weight excluding hydrogens is 336 g/mol. The van der Waals surface area contributed by atoms with Gasteiger partial charge in [-0.3, -0.25) is 9.69 Å². The van der Waals surface area contributed by atoms with Crippen molar-refractivity contribution >= 4 is 11.6 Å². The van der Waals surface area contributed by atoms with Crippen LogP contribution in [0.3, 0.4) is 0 Å². The first kappa shape index (κ1) is 18.0. The van der Waals surface area contributed by atoms with E-state index in [2.05, 4.69) is 4.90 Å². The second-order valence-corrected chi connectivity index (χ2v) is 7.12. The zero-order valence-corrected chi connectivity index (χ0v) is 15.6. The number of aryl methyl sites for hydroxylation is 1. The lowest BCUT2D eigenvalue weighted by Crippen LogP contribution is -2.38. The summed E-state index contributed by atoms with van der Waals surface area (Å²) in [5.74, 6) is 0.0812. The standard InChI is InChI=1S/C20H25ClN2O2/c1-3-23-14(2)13-17(24)18(20(23)25)19(22-11-5-4-6-12-22)15-7-9-16(21)10-8-15/h7-10,13,19,24H,3-6,11-12H2,1-2H3/t19-/m1/s1. The number of aromatic hydroxyl groups is 1. The summed E-state index contributed by atoms with van der Waals surface area (Å²) in [6.45, 7) is 6.24. The number of aromatic nitrogens is 1. The molecule has 0 saturated carbocycles. The lowest BCUT2D eigenvalue weighted by atomic mass is 9.94. The third kappa shape index (κ3) is 3.60. The highest BCUT2D eigenvalue weighted by Crippen LogP contribution is 2.34. The van der Waals surface area contributed by atoms with Gasteiger partial charge in [0.05, 0.1) is 11.6 Å². The van der Waals surface area contributed by atoms with Gasteiger partial charge in [-0.2, -0.15) is 0 Å². The van der Waals surface area contributed by atoms with Gasteiger partial charge in [0.15, 0.2) is 0 Å². The molecule has 1 aromatic heterocycles. The first-order valence-corrected chi connectivity index (χ1v) is 9.33. The van der Waals surface area contributed by atoms with Crippen LogP contribution < -0.4 is 5.56 Å². The zero-order valence-electron chi connectivity index (χ0n) is 14.8. The molecule has 0 aliphatic carbocycles. The largest absolute Gasteiger partial charge is 0.507 e. The Labute approximate surface area is 153 Å². The van der Waals surface area contributed by atoms with Gasteiger partial charge in [-0.15, -0.1) is 0 Å². The second-order valence-electron chi connectivity index (χ2n) is 6.68. The molecule has 4 nitrogen and oxygen atoms in total. The summed E-state index contributed by atoms with van der Waals surface area (Å²) in [6, 6.07) is 9.05. The van der Waals surface area contributed by atoms with Gasteiger partial charge in [-0.05, 0) is 63.5 Å². The van der Waals surface area contributed by atoms with E-state index in [-0.39, 0.29) is 17.4 Å². The fourth-order valence-corrected chi connectivity index (χ4v) is 3.93. The molecule has 1 atom stereocenters. The van der Waals surface area contributed by atoms with E-state index in [4.69, 9.17) is 11.6 Å². The van der Waals surface area contributed by atoms with Crippen molar-refractivity contribution < 1.29 is 5.11 Å². The molecule has 1 aromatic carbocycles. The Balaban J connectivity index is 2.18. The summed E-state index contributed by atoms with van der Waals surface area (Å²) >= 11 is 6.05. The van der Waals surface area contributed by atoms with Gasteiger partial charge in [0.1, 0.15) is 5.75 Å². The third-order valence-corrected chi connectivity index (χ3v) is 5.31. The molecule has 1 aliphatic rings. The minimum Gasteiger partial charge on any atom is -0.507 e. The Morgan fingerprint density at radius 3 is 2.40 bits per heavy atom. The minimum atomic E-state index is -0.247. The van der Waals surface area contributed by atoms with Gasteiger partial charge in [0.2, 0.25) is 0 Å². The van der Waals surface area contributed by atoms with E-state index in [9.17, 15) is 9.90 Å². The van der Waals surface area contributed by atoms with E-state index in [0.29, 0.717) is 17.1 Å². The number of piperidine rings is 1. The van der Waals surface area contributed by atoms with Crippen molar-refractivity contribution in [3.63, 3.8) is 0 Å². The third-order valence-electron chi connectivity index (χ3n) is 5.05. The monoisotopic (exact) mass is 360 g/mol. The molecule has 0 amide bonds. The number of nitrogens with zero attached hydrogens (tertiary/aromatic N) is 2. The number of rotatable bonds is 4. The Kier molecular flexibility index (Phi) is 5.50. The van der Waals surface area contributed by atoms with E-state index in [1.165, 1.54) is 6.42 Å². The van der Waals surface area contributed by atoms with Crippen molar-refractivity contribution in [2.75, 3.05) is 13.1 Å². The lowest BCUT2D eigenvalue weighted by molar-refractivity contribution is 0.183. The molecule has 2 heterocycles. The number of hydrogen-bond acceptors (Lipinski definition) is 3. The number of pyridine rings is 1. The maximum Gasteiger partial charge on any atom is 0.259 e. The number of halogens is 1. The highest BCUT2D eigenvalue weighted by atomic mass is 35.5. The molecule has 1 N–H and O–H groups in total. The van der Waals surface area contributed by atoms with Crippen molar-refractivity contribution in [2.45, 2.75) is 45.7 Å². The summed E-state index contributed by atoms with van der Waals surface area (Å²) < 4.78 is 1.72. The molecule has 0 unspecified atom stereocenters. The van der Waals surface area contributed by atoms with E-state index in [0.717, 1.165) is 37.2 Å². The molecule has 1 fully saturated rings. The zero-order chi connectivity index (χ0) is 18.0. The Bertz CT molecular complexity index is 793. The van der Waals surface area contributed by atoms with Crippen LogP contribution in [0.2, 0.25) is 5.02 Å². The molecule has 0 radical (unpaired) electrons. The summed E-state index contributed by atoms with van der Waals surface area (Å²) in [5, 5.41) is 11.3. The second kappa shape index (κ2) is 7.63. The Hall–Kier alpha value is -1.78. The Morgan fingerprint density at radius 2 is 1.80 bits per heavy atom. The van der Waals surface area contributed by atoms with E-state index < -0.39 is 0 Å². The molecule has 1 aliphatic heterocycles. The van der Waals surface area contributed by atoms with Gasteiger partial charge in [0.25, 0.3) is 5.56 Å². The number of likely N-dealkylation sites (tertiary alicyclic amines) is 1. The molecule has 0 spiro atoms. The van der Waals surface area contributed by atoms with Crippen LogP contribution in [0.1, 0.15) is 49.0 Å². The average molecular weight is 361 g/mol. The van der Waals surface area contributed by atoms with Crippen LogP contribution in [0.5, 0.6) is 5.75 Å². The summed E-state index contributed by atoms with van der Waals surface area (Å²) in [5.41, 5.74) is 2.13. The normalized spacial score (nSPS) is 16.8. The SMILES string of the molecule is CCn1c(C)cc(O)c([C@@H](c2ccc(Cl)cc2)N2CCCCC2)c1=O. The highest BCUT2D eigenvalue weighted by Gasteiger charge is 2.29. The molecule has 5 heteroatoms. The van der Waals surface area contributed by atoms with Crippen LogP contribution in [0.15, 0.2) is 35.1 Å². The predicted octanol–water partition coefficient (Wildman–Crippen LogP) is 4.11. The van der Waals surface area contributed by atoms with Crippen LogP contribution in [-0.4, -0.2) is 27.7 Å². The van der Waals surface area contributed by atoms with Crippen molar-refractivity contribution in [1.82, 2.24) is 9.47 Å². The van der Waals surface area contributed by atoms with Gasteiger partial charge in [0, 0.05) is 17.3 Å². The van der Waals surface area contributed by atoms with Gasteiger partial charge in [-0.25, -0.2) is 0 Å². The van der Waals surface area contributed by atoms with Crippen LogP contribution in [0.4, 0.5) is 0 Å². The van der Waals surface area contributed by atoms with Crippen molar-refractivity contribution in [2.24, 2.45) is 0 Å². The van der Waals surface area contributed by atoms with Crippen LogP contribution in [0.25, 0.3) is 0 Å². The van der Waals surface area contributed by atoms with E-state index >= 15 is 0 Å². The predicted molar refractivity (Wildman–Crippen MR) is 101 cm³/mol. The molecule has 0 bridgehead atoms. The average Bonchev–Trinajstić information content (AvgIpc) is 2.60. The maximum atomic E-state index is 13.1. The molecule has 1 saturated heterocycles. The molecule has 3 rings (SSSR count). The number of hydrogen-bond donors (Lipinski definition) is 1. The topological polar surface area (TPSA) is 45.5 Å². The van der Waals surface area contributed by atoms with Crippen molar-refractivity contribution in [3.8, 4) is 5.75 Å². The summed E-state index contributed by atoms with van der Waals surface area (Å²) in [6.07, 6.45) is 3.43. The first-order chi connectivity index (χ1) is 12.0. The van der Waals surface area contributed by atoms with E-state index in [1.54, 1.807) is 10.6 Å². The fourth-order valence-electron chi connectivity index (χ4n) is 3.80. The quantitative estimate of drug-likeness (QED) is 0.892. The lowest BCUT2D eigenvalue weighted by Gasteiger charge is -2.35. The maximum absolute atomic E-state index is 13.1. The van der Waals surface area contributed by atoms with Crippen LogP contribution >= 0.6 is 11.6 Å². The fraction of sp³-hybridized carbons (Fsp3) is 0.450. The summed E-state index contributed by atoms with van der Waals surface area (Å²) in [4.78, 5) is 15.4. The highest BCUT2D eigenvalue weighted by molar-refractivity contribution is 6.30. The van der Waals surface area contributed by atoms with Gasteiger partial charge >= 0.3 is 0 Å². The molecule has 134 valence electrons. The van der Waals surface area contributed by atoms with Crippen molar-refractivity contribution in [1.29, 1.82) is 0 Å². The number of benzene rings is 1. The minimum absolute atomic E-state index is 0.0812. The van der Waals surface area contributed by atoms with Crippen molar-refractivity contribution in [3.05, 3.63) is 62.5 Å². The van der Waals surface area contributed by atoms with Crippen LogP contribution in [-0.2, 0) is 6.54 Å². The first-order valence-electron chi connectivity index (χ1n) is 8.95. The van der Waals surface area contributed by atoms with Gasteiger partial charge in [-0.1, -0.05) is 30.2 Å². The van der Waals surface area contributed by atoms with Gasteiger partial charge < -0.3 is 9.67 Å². The molecule has 2 aromatic rings. The summed E-state index contributed by atoms with van der Waals surface area (Å²) in [7, 11) is 0. The molecular formula is C20H25ClN2O2.